The van der Waals surface area contributed by atoms with Crippen LogP contribution in [-0.4, -0.2) is 6.54 Å². The lowest BCUT2D eigenvalue weighted by molar-refractivity contribution is 0.537. The van der Waals surface area contributed by atoms with E-state index in [0.717, 1.165) is 31.4 Å². The van der Waals surface area contributed by atoms with Gasteiger partial charge in [0.1, 0.15) is 5.82 Å². The first kappa shape index (κ1) is 16.5. The highest BCUT2D eigenvalue weighted by atomic mass is 35.5. The van der Waals surface area contributed by atoms with E-state index < -0.39 is 0 Å². The summed E-state index contributed by atoms with van der Waals surface area (Å²) in [6, 6.07) is 5.17. The number of allylic oxidation sites excluding steroid dienone is 1. The van der Waals surface area contributed by atoms with Crippen molar-refractivity contribution in [2.75, 3.05) is 6.54 Å². The van der Waals surface area contributed by atoms with Gasteiger partial charge in [-0.2, -0.15) is 0 Å². The van der Waals surface area contributed by atoms with Gasteiger partial charge in [-0.15, -0.1) is 0 Å². The van der Waals surface area contributed by atoms with E-state index in [4.69, 9.17) is 11.6 Å². The van der Waals surface area contributed by atoms with Gasteiger partial charge >= 0.3 is 0 Å². The van der Waals surface area contributed by atoms with Crippen LogP contribution in [0.2, 0.25) is 5.02 Å². The Balaban J connectivity index is 2.30. The summed E-state index contributed by atoms with van der Waals surface area (Å²) in [5.41, 5.74) is 2.24. The van der Waals surface area contributed by atoms with Gasteiger partial charge < -0.3 is 5.32 Å². The standard InChI is InChI=1S/C18H25ClFN/c1-2-13-21-18(14-9-6-4-3-5-7-10-14)15-11-8-12-16(20)17(15)19/h8-9,11-12,18,21H,2-7,10,13H2,1H3/b14-9+. The zero-order valence-electron chi connectivity index (χ0n) is 12.8. The predicted molar refractivity (Wildman–Crippen MR) is 88.2 cm³/mol. The lowest BCUT2D eigenvalue weighted by atomic mass is 9.90. The molecular weight excluding hydrogens is 285 g/mol. The molecule has 1 aliphatic carbocycles. The van der Waals surface area contributed by atoms with Crippen molar-refractivity contribution in [2.45, 2.75) is 57.9 Å². The van der Waals surface area contributed by atoms with Crippen molar-refractivity contribution in [1.82, 2.24) is 5.32 Å². The van der Waals surface area contributed by atoms with E-state index in [0.29, 0.717) is 0 Å². The molecule has 1 aromatic rings. The number of halogens is 2. The quantitative estimate of drug-likeness (QED) is 0.678. The third kappa shape index (κ3) is 4.55. The number of nitrogens with one attached hydrogen (secondary N) is 1. The maximum absolute atomic E-state index is 13.8. The summed E-state index contributed by atoms with van der Waals surface area (Å²) in [7, 11) is 0. The van der Waals surface area contributed by atoms with Gasteiger partial charge in [0, 0.05) is 0 Å². The van der Waals surface area contributed by atoms with E-state index in [1.54, 1.807) is 6.07 Å². The summed E-state index contributed by atoms with van der Waals surface area (Å²) >= 11 is 6.22. The van der Waals surface area contributed by atoms with Gasteiger partial charge in [-0.3, -0.25) is 0 Å². The van der Waals surface area contributed by atoms with E-state index in [9.17, 15) is 4.39 Å². The minimum Gasteiger partial charge on any atom is -0.306 e. The molecule has 21 heavy (non-hydrogen) atoms. The molecule has 116 valence electrons. The third-order valence-electron chi connectivity index (χ3n) is 4.09. The van der Waals surface area contributed by atoms with Crippen LogP contribution < -0.4 is 5.32 Å². The van der Waals surface area contributed by atoms with Crippen molar-refractivity contribution < 1.29 is 4.39 Å². The lowest BCUT2D eigenvalue weighted by Crippen LogP contribution is -2.25. The highest BCUT2D eigenvalue weighted by Gasteiger charge is 2.20. The summed E-state index contributed by atoms with van der Waals surface area (Å²) < 4.78 is 13.8. The van der Waals surface area contributed by atoms with Gasteiger partial charge in [0.05, 0.1) is 11.1 Å². The fraction of sp³-hybridized carbons (Fsp3) is 0.556. The lowest BCUT2D eigenvalue weighted by Gasteiger charge is -2.25. The van der Waals surface area contributed by atoms with Gasteiger partial charge in [0.15, 0.2) is 0 Å². The highest BCUT2D eigenvalue weighted by Crippen LogP contribution is 2.33. The van der Waals surface area contributed by atoms with Crippen molar-refractivity contribution in [3.63, 3.8) is 0 Å². The molecule has 1 atom stereocenters. The topological polar surface area (TPSA) is 12.0 Å². The molecule has 1 N–H and O–H groups in total. The van der Waals surface area contributed by atoms with Crippen LogP contribution in [0.25, 0.3) is 0 Å². The Morgan fingerprint density at radius 1 is 1.24 bits per heavy atom. The largest absolute Gasteiger partial charge is 0.306 e. The zero-order valence-corrected chi connectivity index (χ0v) is 13.6. The summed E-state index contributed by atoms with van der Waals surface area (Å²) in [4.78, 5) is 0. The van der Waals surface area contributed by atoms with Gasteiger partial charge in [0.25, 0.3) is 0 Å². The van der Waals surface area contributed by atoms with Gasteiger partial charge in [-0.25, -0.2) is 4.39 Å². The normalized spacial score (nSPS) is 20.2. The van der Waals surface area contributed by atoms with Crippen LogP contribution in [0.3, 0.4) is 0 Å². The van der Waals surface area contributed by atoms with Crippen LogP contribution >= 0.6 is 11.6 Å². The average molecular weight is 310 g/mol. The van der Waals surface area contributed by atoms with Crippen LogP contribution in [-0.2, 0) is 0 Å². The van der Waals surface area contributed by atoms with Crippen LogP contribution in [0.4, 0.5) is 4.39 Å². The maximum atomic E-state index is 13.8. The van der Waals surface area contributed by atoms with Gasteiger partial charge in [0.2, 0.25) is 0 Å². The molecule has 1 aromatic carbocycles. The van der Waals surface area contributed by atoms with Crippen molar-refractivity contribution in [3.05, 3.63) is 46.3 Å². The van der Waals surface area contributed by atoms with E-state index >= 15 is 0 Å². The minimum absolute atomic E-state index is 0.0475. The van der Waals surface area contributed by atoms with Crippen LogP contribution in [0.15, 0.2) is 29.8 Å². The molecular formula is C18H25ClFN. The first-order valence-corrected chi connectivity index (χ1v) is 8.48. The Morgan fingerprint density at radius 3 is 2.86 bits per heavy atom. The second-order valence-electron chi connectivity index (χ2n) is 5.76. The number of hydrogen-bond acceptors (Lipinski definition) is 1. The fourth-order valence-electron chi connectivity index (χ4n) is 2.95. The molecule has 2 rings (SSSR count). The Hall–Kier alpha value is -0.860. The molecule has 0 bridgehead atoms. The Bertz CT molecular complexity index is 484. The Kier molecular flexibility index (Phi) is 6.72. The van der Waals surface area contributed by atoms with E-state index in [-0.39, 0.29) is 16.9 Å². The fourth-order valence-corrected chi connectivity index (χ4v) is 3.19. The summed E-state index contributed by atoms with van der Waals surface area (Å²) in [6.45, 7) is 3.05. The molecule has 0 aromatic heterocycles. The molecule has 0 radical (unpaired) electrons. The van der Waals surface area contributed by atoms with Crippen molar-refractivity contribution in [1.29, 1.82) is 0 Å². The van der Waals surface area contributed by atoms with Crippen LogP contribution in [0.1, 0.15) is 63.5 Å². The SMILES string of the molecule is CCCNC(/C1=C/CCCCCC1)c1cccc(F)c1Cl. The molecule has 0 fully saturated rings. The highest BCUT2D eigenvalue weighted by molar-refractivity contribution is 6.31. The summed E-state index contributed by atoms with van der Waals surface area (Å²) in [5, 5.41) is 3.81. The predicted octanol–water partition coefficient (Wildman–Crippen LogP) is 5.80. The van der Waals surface area contributed by atoms with Crippen molar-refractivity contribution >= 4 is 11.6 Å². The summed E-state index contributed by atoms with van der Waals surface area (Å²) in [5.74, 6) is -0.330. The average Bonchev–Trinajstić information content (AvgIpc) is 2.44. The molecule has 0 aliphatic heterocycles. The zero-order chi connectivity index (χ0) is 15.1. The number of rotatable bonds is 5. The second kappa shape index (κ2) is 8.55. The second-order valence-corrected chi connectivity index (χ2v) is 6.14. The first-order valence-electron chi connectivity index (χ1n) is 8.10. The Labute approximate surface area is 132 Å². The first-order chi connectivity index (χ1) is 10.2. The maximum Gasteiger partial charge on any atom is 0.142 e. The Morgan fingerprint density at radius 2 is 2.05 bits per heavy atom. The van der Waals surface area contributed by atoms with Gasteiger partial charge in [-0.1, -0.05) is 55.1 Å². The molecule has 1 nitrogen and oxygen atoms in total. The molecule has 0 heterocycles. The molecule has 0 amide bonds. The molecule has 0 saturated heterocycles. The van der Waals surface area contributed by atoms with E-state index in [2.05, 4.69) is 18.3 Å². The monoisotopic (exact) mass is 309 g/mol. The van der Waals surface area contributed by atoms with Crippen molar-refractivity contribution in [3.8, 4) is 0 Å². The van der Waals surface area contributed by atoms with E-state index in [1.807, 2.05) is 6.07 Å². The van der Waals surface area contributed by atoms with Gasteiger partial charge in [-0.05, 0) is 50.3 Å². The smallest absolute Gasteiger partial charge is 0.142 e. The number of hydrogen-bond donors (Lipinski definition) is 1. The molecule has 1 unspecified atom stereocenters. The summed E-state index contributed by atoms with van der Waals surface area (Å²) in [6.07, 6.45) is 10.7. The van der Waals surface area contributed by atoms with Crippen molar-refractivity contribution in [2.24, 2.45) is 0 Å². The third-order valence-corrected chi connectivity index (χ3v) is 4.49. The molecule has 1 aliphatic rings. The minimum atomic E-state index is -0.330. The number of benzene rings is 1. The van der Waals surface area contributed by atoms with Crippen LogP contribution in [0, 0.1) is 5.82 Å². The molecule has 0 saturated carbocycles. The molecule has 0 spiro atoms. The van der Waals surface area contributed by atoms with E-state index in [1.165, 1.54) is 37.3 Å². The van der Waals surface area contributed by atoms with Crippen LogP contribution in [0.5, 0.6) is 0 Å². The molecule has 3 heteroatoms.